The van der Waals surface area contributed by atoms with E-state index < -0.39 is 23.4 Å². The molecule has 0 saturated carbocycles. The molecule has 2 rings (SSSR count). The number of aromatic nitrogens is 1. The summed E-state index contributed by atoms with van der Waals surface area (Å²) in [6, 6.07) is 7.46. The topological polar surface area (TPSA) is 92.5 Å². The van der Waals surface area contributed by atoms with Gasteiger partial charge in [-0.2, -0.15) is 5.26 Å². The van der Waals surface area contributed by atoms with E-state index in [-0.39, 0.29) is 6.54 Å². The molecule has 0 bridgehead atoms. The normalized spacial score (nSPS) is 11.5. The molecule has 0 N–H and O–H groups in total. The largest absolute Gasteiger partial charge is 0.443 e. The van der Waals surface area contributed by atoms with Gasteiger partial charge in [0.15, 0.2) is 0 Å². The number of ether oxygens (including phenoxy) is 2. The van der Waals surface area contributed by atoms with Crippen molar-refractivity contribution in [2.75, 3.05) is 0 Å². The van der Waals surface area contributed by atoms with Crippen LogP contribution < -0.4 is 0 Å². The molecule has 0 aliphatic carbocycles. The van der Waals surface area contributed by atoms with Crippen LogP contribution in [0.3, 0.4) is 0 Å². The molecule has 0 aliphatic rings. The Morgan fingerprint density at radius 3 is 2.10 bits per heavy atom. The summed E-state index contributed by atoms with van der Waals surface area (Å²) in [6.45, 7) is 12.0. The number of benzene rings is 1. The van der Waals surface area contributed by atoms with Crippen molar-refractivity contribution >= 4 is 23.5 Å². The third-order valence-corrected chi connectivity index (χ3v) is 4.77. The first-order valence-corrected chi connectivity index (χ1v) is 10.4. The molecule has 0 saturated heterocycles. The molecule has 0 spiro atoms. The third-order valence-electron chi connectivity index (χ3n) is 3.79. The second kappa shape index (κ2) is 8.84. The SMILES string of the molecule is Cc1ncsc1-c1ccc(CN(C(=O)OC(C)(C)C)C(=O)OC(C)(C)C)c(C#N)c1. The molecule has 1 heterocycles. The number of thiazole rings is 1. The molecule has 1 aromatic heterocycles. The van der Waals surface area contributed by atoms with Crippen LogP contribution in [0.1, 0.15) is 58.4 Å². The summed E-state index contributed by atoms with van der Waals surface area (Å²) < 4.78 is 10.8. The van der Waals surface area contributed by atoms with E-state index in [4.69, 9.17) is 9.47 Å². The van der Waals surface area contributed by atoms with E-state index in [1.54, 1.807) is 59.2 Å². The summed E-state index contributed by atoms with van der Waals surface area (Å²) in [5.74, 6) is 0. The van der Waals surface area contributed by atoms with Gasteiger partial charge in [0.05, 0.1) is 34.3 Å². The fourth-order valence-electron chi connectivity index (χ4n) is 2.55. The number of imide groups is 1. The van der Waals surface area contributed by atoms with Gasteiger partial charge in [-0.05, 0) is 65.7 Å². The Morgan fingerprint density at radius 1 is 1.10 bits per heavy atom. The maximum absolute atomic E-state index is 12.7. The lowest BCUT2D eigenvalue weighted by molar-refractivity contribution is -0.000253. The Balaban J connectivity index is 2.38. The van der Waals surface area contributed by atoms with Crippen LogP contribution in [0.15, 0.2) is 23.7 Å². The van der Waals surface area contributed by atoms with Crippen LogP contribution in [0.5, 0.6) is 0 Å². The zero-order valence-corrected chi connectivity index (χ0v) is 19.2. The fraction of sp³-hybridized carbons (Fsp3) is 0.455. The number of hydrogen-bond donors (Lipinski definition) is 0. The van der Waals surface area contributed by atoms with Crippen molar-refractivity contribution in [3.05, 3.63) is 40.5 Å². The number of rotatable bonds is 3. The first kappa shape index (κ1) is 23.4. The Labute approximate surface area is 181 Å². The molecule has 0 radical (unpaired) electrons. The minimum atomic E-state index is -0.831. The Morgan fingerprint density at radius 2 is 1.67 bits per heavy atom. The minimum Gasteiger partial charge on any atom is -0.443 e. The minimum absolute atomic E-state index is 0.144. The molecule has 0 atom stereocenters. The maximum atomic E-state index is 12.7. The van der Waals surface area contributed by atoms with Crippen molar-refractivity contribution in [2.24, 2.45) is 0 Å². The van der Waals surface area contributed by atoms with Crippen LogP contribution in [-0.4, -0.2) is 33.3 Å². The summed E-state index contributed by atoms with van der Waals surface area (Å²) in [4.78, 5) is 31.5. The van der Waals surface area contributed by atoms with E-state index in [1.165, 1.54) is 11.3 Å². The third kappa shape index (κ3) is 6.29. The number of amides is 2. The van der Waals surface area contributed by atoms with E-state index in [9.17, 15) is 14.9 Å². The number of carbonyl (C=O) groups excluding carboxylic acids is 2. The van der Waals surface area contributed by atoms with Gasteiger partial charge < -0.3 is 9.47 Å². The summed E-state index contributed by atoms with van der Waals surface area (Å²) in [7, 11) is 0. The molecule has 8 heteroatoms. The maximum Gasteiger partial charge on any atom is 0.420 e. The molecule has 2 amide bonds. The van der Waals surface area contributed by atoms with Crippen LogP contribution in [0.4, 0.5) is 9.59 Å². The molecule has 2 aromatic rings. The Kier molecular flexibility index (Phi) is 6.88. The van der Waals surface area contributed by atoms with Gasteiger partial charge in [-0.3, -0.25) is 0 Å². The number of nitrogens with zero attached hydrogens (tertiary/aromatic N) is 3. The van der Waals surface area contributed by atoms with Gasteiger partial charge in [0.1, 0.15) is 11.2 Å². The van der Waals surface area contributed by atoms with Crippen LogP contribution >= 0.6 is 11.3 Å². The van der Waals surface area contributed by atoms with Crippen molar-refractivity contribution in [2.45, 2.75) is 66.2 Å². The van der Waals surface area contributed by atoms with Crippen molar-refractivity contribution in [3.63, 3.8) is 0 Å². The zero-order valence-electron chi connectivity index (χ0n) is 18.4. The van der Waals surface area contributed by atoms with Gasteiger partial charge in [0, 0.05) is 0 Å². The van der Waals surface area contributed by atoms with Crippen LogP contribution in [0.25, 0.3) is 10.4 Å². The smallest absolute Gasteiger partial charge is 0.420 e. The number of hydrogen-bond acceptors (Lipinski definition) is 7. The van der Waals surface area contributed by atoms with Crippen LogP contribution in [0.2, 0.25) is 0 Å². The lowest BCUT2D eigenvalue weighted by Gasteiger charge is -2.28. The summed E-state index contributed by atoms with van der Waals surface area (Å²) in [5.41, 5.74) is 2.78. The average Bonchev–Trinajstić information content (AvgIpc) is 3.02. The van der Waals surface area contributed by atoms with Gasteiger partial charge in [-0.15, -0.1) is 11.3 Å². The molecular weight excluding hydrogens is 402 g/mol. The summed E-state index contributed by atoms with van der Waals surface area (Å²) in [5, 5.41) is 9.66. The highest BCUT2D eigenvalue weighted by Gasteiger charge is 2.31. The molecule has 0 unspecified atom stereocenters. The molecule has 160 valence electrons. The van der Waals surface area contributed by atoms with E-state index in [0.717, 1.165) is 21.0 Å². The molecule has 1 aromatic carbocycles. The predicted octanol–water partition coefficient (Wildman–Crippen LogP) is 5.66. The standard InChI is InChI=1S/C22H27N3O4S/c1-14-18(30-13-24-14)15-8-9-16(17(10-15)11-23)12-25(19(26)28-21(2,3)4)20(27)29-22(5,6)7/h8-10,13H,12H2,1-7H3. The second-order valence-electron chi connectivity index (χ2n) is 8.80. The van der Waals surface area contributed by atoms with Crippen LogP contribution in [0, 0.1) is 18.3 Å². The van der Waals surface area contributed by atoms with E-state index >= 15 is 0 Å². The average molecular weight is 430 g/mol. The molecule has 0 aliphatic heterocycles. The molecule has 0 fully saturated rings. The van der Waals surface area contributed by atoms with E-state index in [2.05, 4.69) is 11.1 Å². The zero-order chi connectivity index (χ0) is 22.7. The highest BCUT2D eigenvalue weighted by Crippen LogP contribution is 2.29. The fourth-order valence-corrected chi connectivity index (χ4v) is 3.35. The molecule has 30 heavy (non-hydrogen) atoms. The lowest BCUT2D eigenvalue weighted by atomic mass is 10.0. The highest BCUT2D eigenvalue weighted by atomic mass is 32.1. The van der Waals surface area contributed by atoms with Crippen molar-refractivity contribution < 1.29 is 19.1 Å². The van der Waals surface area contributed by atoms with Gasteiger partial charge >= 0.3 is 12.2 Å². The highest BCUT2D eigenvalue weighted by molar-refractivity contribution is 7.13. The Hall–Kier alpha value is -2.92. The number of aryl methyl sites for hydroxylation is 1. The summed E-state index contributed by atoms with van der Waals surface area (Å²) in [6.07, 6.45) is -1.66. The predicted molar refractivity (Wildman–Crippen MR) is 115 cm³/mol. The van der Waals surface area contributed by atoms with E-state index in [1.807, 2.05) is 13.0 Å². The quantitative estimate of drug-likeness (QED) is 0.625. The molecule has 7 nitrogen and oxygen atoms in total. The van der Waals surface area contributed by atoms with Gasteiger partial charge in [0.2, 0.25) is 0 Å². The van der Waals surface area contributed by atoms with Crippen LogP contribution in [-0.2, 0) is 16.0 Å². The van der Waals surface area contributed by atoms with Gasteiger partial charge in [0.25, 0.3) is 0 Å². The van der Waals surface area contributed by atoms with Crippen molar-refractivity contribution in [1.29, 1.82) is 5.26 Å². The van der Waals surface area contributed by atoms with Crippen molar-refractivity contribution in [3.8, 4) is 16.5 Å². The second-order valence-corrected chi connectivity index (χ2v) is 9.65. The van der Waals surface area contributed by atoms with Gasteiger partial charge in [-0.1, -0.05) is 12.1 Å². The number of carbonyl (C=O) groups is 2. The first-order chi connectivity index (χ1) is 13.8. The number of nitriles is 1. The Bertz CT molecular complexity index is 949. The summed E-state index contributed by atoms with van der Waals surface area (Å²) >= 11 is 1.48. The molecular formula is C22H27N3O4S. The first-order valence-electron chi connectivity index (χ1n) is 9.48. The van der Waals surface area contributed by atoms with Gasteiger partial charge in [-0.25, -0.2) is 19.5 Å². The van der Waals surface area contributed by atoms with E-state index in [0.29, 0.717) is 11.1 Å². The van der Waals surface area contributed by atoms with Crippen molar-refractivity contribution in [1.82, 2.24) is 9.88 Å². The monoisotopic (exact) mass is 429 g/mol. The lowest BCUT2D eigenvalue weighted by Crippen LogP contribution is -2.43.